The minimum absolute atomic E-state index is 0.00867. The van der Waals surface area contributed by atoms with Gasteiger partial charge in [0.15, 0.2) is 0 Å². The van der Waals surface area contributed by atoms with Gasteiger partial charge in [0.05, 0.1) is 12.5 Å². The predicted octanol–water partition coefficient (Wildman–Crippen LogP) is 4.80. The summed E-state index contributed by atoms with van der Waals surface area (Å²) in [6.07, 6.45) is 7.19. The maximum Gasteiger partial charge on any atom is 0.310 e. The molecule has 2 saturated heterocycles. The van der Waals surface area contributed by atoms with E-state index in [9.17, 15) is 4.79 Å². The Morgan fingerprint density at radius 2 is 1.55 bits per heavy atom. The molecule has 3 fully saturated rings. The molecule has 2 aromatic rings. The van der Waals surface area contributed by atoms with Crippen LogP contribution in [-0.4, -0.2) is 36.6 Å². The number of benzene rings is 2. The summed E-state index contributed by atoms with van der Waals surface area (Å²) in [7, 11) is 0. The van der Waals surface area contributed by atoms with E-state index in [0.29, 0.717) is 18.6 Å². The largest absolute Gasteiger partial charge is 0.465 e. The molecule has 3 heteroatoms. The van der Waals surface area contributed by atoms with E-state index in [1.807, 2.05) is 12.1 Å². The topological polar surface area (TPSA) is 29.5 Å². The van der Waals surface area contributed by atoms with E-state index in [0.717, 1.165) is 6.42 Å². The second kappa shape index (κ2) is 7.95. The van der Waals surface area contributed by atoms with Crippen molar-refractivity contribution >= 4 is 5.97 Å². The molecule has 0 bridgehead atoms. The van der Waals surface area contributed by atoms with E-state index < -0.39 is 0 Å². The van der Waals surface area contributed by atoms with Crippen LogP contribution < -0.4 is 0 Å². The summed E-state index contributed by atoms with van der Waals surface area (Å²) in [5, 5.41) is 0. The molecule has 0 amide bonds. The van der Waals surface area contributed by atoms with Gasteiger partial charge in [0.1, 0.15) is 0 Å². The molecule has 2 aromatic carbocycles. The highest BCUT2D eigenvalue weighted by Crippen LogP contribution is 2.59. The summed E-state index contributed by atoms with van der Waals surface area (Å²) in [6.45, 7) is 3.04. The van der Waals surface area contributed by atoms with Crippen LogP contribution in [0.4, 0.5) is 0 Å². The van der Waals surface area contributed by atoms with Crippen LogP contribution in [0, 0.1) is 11.8 Å². The monoisotopic (exact) mass is 389 g/mol. The van der Waals surface area contributed by atoms with Gasteiger partial charge in [-0.3, -0.25) is 9.69 Å². The van der Waals surface area contributed by atoms with Crippen LogP contribution >= 0.6 is 0 Å². The Balaban J connectivity index is 1.30. The fraction of sp³-hybridized carbons (Fsp3) is 0.500. The number of carbonyl (C=O) groups is 1. The van der Waals surface area contributed by atoms with Crippen molar-refractivity contribution in [3.8, 4) is 0 Å². The number of fused-ring (bicyclic) bond motifs is 1. The molecule has 2 aliphatic heterocycles. The van der Waals surface area contributed by atoms with Crippen molar-refractivity contribution in [2.75, 3.05) is 19.7 Å². The van der Waals surface area contributed by atoms with Crippen molar-refractivity contribution in [2.24, 2.45) is 11.8 Å². The van der Waals surface area contributed by atoms with Gasteiger partial charge in [0.2, 0.25) is 0 Å². The van der Waals surface area contributed by atoms with Gasteiger partial charge >= 0.3 is 5.97 Å². The smallest absolute Gasteiger partial charge is 0.310 e. The highest BCUT2D eigenvalue weighted by atomic mass is 16.5. The van der Waals surface area contributed by atoms with E-state index in [1.54, 1.807) is 0 Å². The molecule has 0 unspecified atom stereocenters. The third-order valence-electron chi connectivity index (χ3n) is 7.49. The molecular formula is C26H31NO2. The van der Waals surface area contributed by atoms with Crippen LogP contribution in [0.5, 0.6) is 0 Å². The number of rotatable bonds is 5. The van der Waals surface area contributed by atoms with E-state index in [4.69, 9.17) is 4.74 Å². The molecule has 1 saturated carbocycles. The molecule has 3 aliphatic rings. The van der Waals surface area contributed by atoms with Crippen LogP contribution in [0.3, 0.4) is 0 Å². The molecule has 3 nitrogen and oxygen atoms in total. The summed E-state index contributed by atoms with van der Waals surface area (Å²) < 4.78 is 5.99. The summed E-state index contributed by atoms with van der Waals surface area (Å²) in [5.74, 6) is 0.429. The second-order valence-corrected chi connectivity index (χ2v) is 9.09. The number of esters is 1. The zero-order chi connectivity index (χ0) is 19.7. The molecule has 3 atom stereocenters. The third kappa shape index (κ3) is 3.50. The van der Waals surface area contributed by atoms with Crippen LogP contribution in [0.2, 0.25) is 0 Å². The molecular weight excluding hydrogens is 358 g/mol. The van der Waals surface area contributed by atoms with E-state index in [1.165, 1.54) is 56.3 Å². The predicted molar refractivity (Wildman–Crippen MR) is 115 cm³/mol. The summed E-state index contributed by atoms with van der Waals surface area (Å²) in [6, 6.07) is 21.6. The lowest BCUT2D eigenvalue weighted by atomic mass is 9.84. The normalized spacial score (nSPS) is 28.3. The number of ether oxygens (including phenoxy) is 1. The number of piperidine rings is 2. The van der Waals surface area contributed by atoms with E-state index in [2.05, 4.69) is 53.4 Å². The van der Waals surface area contributed by atoms with Gasteiger partial charge in [-0.2, -0.15) is 0 Å². The average Bonchev–Trinajstić information content (AvgIpc) is 3.56. The minimum Gasteiger partial charge on any atom is -0.465 e. The van der Waals surface area contributed by atoms with E-state index >= 15 is 0 Å². The van der Waals surface area contributed by atoms with Crippen LogP contribution in [0.15, 0.2) is 60.7 Å². The third-order valence-corrected chi connectivity index (χ3v) is 7.49. The van der Waals surface area contributed by atoms with Crippen molar-refractivity contribution in [1.29, 1.82) is 0 Å². The summed E-state index contributed by atoms with van der Waals surface area (Å²) in [5.41, 5.74) is 2.23. The Morgan fingerprint density at radius 1 is 0.897 bits per heavy atom. The molecule has 0 aromatic heterocycles. The first-order valence-corrected chi connectivity index (χ1v) is 11.3. The first-order valence-electron chi connectivity index (χ1n) is 11.3. The van der Waals surface area contributed by atoms with Gasteiger partial charge in [-0.25, -0.2) is 0 Å². The van der Waals surface area contributed by atoms with Crippen molar-refractivity contribution in [3.63, 3.8) is 0 Å². The summed E-state index contributed by atoms with van der Waals surface area (Å²) >= 11 is 0. The average molecular weight is 390 g/mol. The molecule has 29 heavy (non-hydrogen) atoms. The summed E-state index contributed by atoms with van der Waals surface area (Å²) in [4.78, 5) is 15.8. The Morgan fingerprint density at radius 3 is 2.24 bits per heavy atom. The molecule has 1 aliphatic carbocycles. The first kappa shape index (κ1) is 18.9. The SMILES string of the molecule is O=C(OC[C@@H]1CCCN2CCCC[C@H]12)[C@@H]1CC1(c1ccccc1)c1ccccc1. The van der Waals surface area contributed by atoms with Crippen molar-refractivity contribution in [2.45, 2.75) is 50.0 Å². The fourth-order valence-corrected chi connectivity index (χ4v) is 5.88. The maximum atomic E-state index is 13.1. The quantitative estimate of drug-likeness (QED) is 0.688. The van der Waals surface area contributed by atoms with Gasteiger partial charge in [-0.05, 0) is 56.3 Å². The van der Waals surface area contributed by atoms with E-state index in [-0.39, 0.29) is 17.3 Å². The molecule has 152 valence electrons. The first-order chi connectivity index (χ1) is 14.3. The number of hydrogen-bond acceptors (Lipinski definition) is 3. The zero-order valence-electron chi connectivity index (χ0n) is 17.1. The van der Waals surface area contributed by atoms with Gasteiger partial charge < -0.3 is 4.74 Å². The van der Waals surface area contributed by atoms with Crippen LogP contribution in [-0.2, 0) is 14.9 Å². The Labute approximate surface area is 174 Å². The Bertz CT molecular complexity index is 793. The van der Waals surface area contributed by atoms with Crippen molar-refractivity contribution < 1.29 is 9.53 Å². The highest BCUT2D eigenvalue weighted by Gasteiger charge is 2.61. The Kier molecular flexibility index (Phi) is 5.17. The van der Waals surface area contributed by atoms with Crippen molar-refractivity contribution in [1.82, 2.24) is 4.90 Å². The van der Waals surface area contributed by atoms with Crippen LogP contribution in [0.1, 0.15) is 49.7 Å². The van der Waals surface area contributed by atoms with Crippen molar-refractivity contribution in [3.05, 3.63) is 71.8 Å². The molecule has 5 rings (SSSR count). The standard InChI is InChI=1S/C26H31NO2/c28-25(29-19-20-10-9-17-27-16-8-7-15-24(20)27)23-18-26(23,21-11-3-1-4-12-21)22-13-5-2-6-14-22/h1-6,11-14,20,23-24H,7-10,15-19H2/t20-,23-,24+/m0/s1. The second-order valence-electron chi connectivity index (χ2n) is 9.09. The lowest BCUT2D eigenvalue weighted by molar-refractivity contribution is -0.148. The van der Waals surface area contributed by atoms with Crippen LogP contribution in [0.25, 0.3) is 0 Å². The van der Waals surface area contributed by atoms with Gasteiger partial charge in [0, 0.05) is 17.4 Å². The molecule has 0 N–H and O–H groups in total. The zero-order valence-corrected chi connectivity index (χ0v) is 17.1. The molecule has 2 heterocycles. The lowest BCUT2D eigenvalue weighted by Crippen LogP contribution is -2.49. The highest BCUT2D eigenvalue weighted by molar-refractivity contribution is 5.81. The number of hydrogen-bond donors (Lipinski definition) is 0. The molecule has 0 spiro atoms. The maximum absolute atomic E-state index is 13.1. The number of carbonyl (C=O) groups excluding carboxylic acids is 1. The van der Waals surface area contributed by atoms with Gasteiger partial charge in [-0.1, -0.05) is 67.1 Å². The van der Waals surface area contributed by atoms with Gasteiger partial charge in [0.25, 0.3) is 0 Å². The minimum atomic E-state index is -0.219. The Hall–Kier alpha value is -2.13. The number of nitrogens with zero attached hydrogens (tertiary/aromatic N) is 1. The molecule has 0 radical (unpaired) electrons. The van der Waals surface area contributed by atoms with Gasteiger partial charge in [-0.15, -0.1) is 0 Å². The fourth-order valence-electron chi connectivity index (χ4n) is 5.88. The lowest BCUT2D eigenvalue weighted by Gasteiger charge is -2.44.